The first kappa shape index (κ1) is 23.0. The topological polar surface area (TPSA) is 69.0 Å². The zero-order chi connectivity index (χ0) is 22.8. The molecule has 1 aliphatic carbocycles. The van der Waals surface area contributed by atoms with E-state index in [1.54, 1.807) is 6.07 Å². The first-order chi connectivity index (χ1) is 14.6. The van der Waals surface area contributed by atoms with Crippen LogP contribution in [0.5, 0.6) is 0 Å². The van der Waals surface area contributed by atoms with Gasteiger partial charge in [0, 0.05) is 42.1 Å². The number of halogens is 2. The van der Waals surface area contributed by atoms with Crippen molar-refractivity contribution in [3.05, 3.63) is 58.1 Å². The number of rotatable bonds is 4. The Bertz CT molecular complexity index is 1000. The Kier molecular flexibility index (Phi) is 6.86. The molecule has 1 aromatic carbocycles. The van der Waals surface area contributed by atoms with Gasteiger partial charge in [0.2, 0.25) is 0 Å². The van der Waals surface area contributed by atoms with Crippen LogP contribution in [-0.4, -0.2) is 30.0 Å². The number of nitrogens with zero attached hydrogens (tertiary/aromatic N) is 3. The first-order valence-electron chi connectivity index (χ1n) is 10.5. The van der Waals surface area contributed by atoms with Gasteiger partial charge >= 0.3 is 0 Å². The molecule has 0 unspecified atom stereocenters. The van der Waals surface area contributed by atoms with Crippen LogP contribution < -0.4 is 10.2 Å². The van der Waals surface area contributed by atoms with Gasteiger partial charge in [0.05, 0.1) is 16.1 Å². The van der Waals surface area contributed by atoms with Crippen LogP contribution in [0.4, 0.5) is 10.1 Å². The summed E-state index contributed by atoms with van der Waals surface area (Å²) in [6, 6.07) is 9.17. The lowest BCUT2D eigenvalue weighted by atomic mass is 9.89. The average molecular weight is 443 g/mol. The molecule has 1 heterocycles. The summed E-state index contributed by atoms with van der Waals surface area (Å²) >= 11 is 6.17. The molecule has 7 heteroatoms. The fourth-order valence-corrected chi connectivity index (χ4v) is 4.12. The maximum absolute atomic E-state index is 14.5. The fourth-order valence-electron chi connectivity index (χ4n) is 3.90. The minimum absolute atomic E-state index is 0.00314. The summed E-state index contributed by atoms with van der Waals surface area (Å²) in [5.74, 6) is -0.954. The van der Waals surface area contributed by atoms with Crippen molar-refractivity contribution in [3.63, 3.8) is 0 Å². The molecular weight excluding hydrogens is 415 g/mol. The molecule has 1 fully saturated rings. The molecule has 2 aromatic rings. The Hall–Kier alpha value is -2.65. The van der Waals surface area contributed by atoms with Gasteiger partial charge in [-0.25, -0.2) is 4.39 Å². The van der Waals surface area contributed by atoms with Crippen molar-refractivity contribution in [2.75, 3.05) is 11.9 Å². The van der Waals surface area contributed by atoms with E-state index in [1.807, 2.05) is 40.0 Å². The molecule has 0 spiro atoms. The van der Waals surface area contributed by atoms with Crippen LogP contribution >= 0.6 is 11.6 Å². The van der Waals surface area contributed by atoms with E-state index in [0.29, 0.717) is 22.3 Å². The summed E-state index contributed by atoms with van der Waals surface area (Å²) in [7, 11) is 2.01. The summed E-state index contributed by atoms with van der Waals surface area (Å²) < 4.78 is 14.5. The largest absolute Gasteiger partial charge is 0.372 e. The molecule has 1 saturated carbocycles. The van der Waals surface area contributed by atoms with Crippen LogP contribution in [0.3, 0.4) is 0 Å². The molecule has 0 atom stereocenters. The number of nitriles is 1. The van der Waals surface area contributed by atoms with Crippen molar-refractivity contribution >= 4 is 23.2 Å². The molecule has 0 saturated heterocycles. The number of nitrogens with one attached hydrogen (secondary N) is 1. The molecule has 1 amide bonds. The quantitative estimate of drug-likeness (QED) is 0.704. The van der Waals surface area contributed by atoms with Crippen LogP contribution in [0.1, 0.15) is 68.1 Å². The van der Waals surface area contributed by atoms with Crippen molar-refractivity contribution < 1.29 is 9.18 Å². The number of anilines is 1. The van der Waals surface area contributed by atoms with E-state index < -0.39 is 11.7 Å². The summed E-state index contributed by atoms with van der Waals surface area (Å²) in [6.07, 6.45) is 4.73. The molecule has 1 N–H and O–H groups in total. The van der Waals surface area contributed by atoms with E-state index in [0.717, 1.165) is 31.4 Å². The summed E-state index contributed by atoms with van der Waals surface area (Å²) in [6.45, 7) is 5.86. The van der Waals surface area contributed by atoms with Gasteiger partial charge in [-0.1, -0.05) is 32.4 Å². The number of benzene rings is 1. The van der Waals surface area contributed by atoms with Gasteiger partial charge in [0.25, 0.3) is 5.91 Å². The fraction of sp³-hybridized carbons (Fsp3) is 0.458. The second-order valence-electron chi connectivity index (χ2n) is 9.17. The molecule has 31 heavy (non-hydrogen) atoms. The normalized spacial score (nSPS) is 18.9. The molecule has 3 rings (SSSR count). The number of pyridine rings is 1. The van der Waals surface area contributed by atoms with Crippen LogP contribution in [0.15, 0.2) is 30.5 Å². The van der Waals surface area contributed by atoms with Crippen molar-refractivity contribution in [1.82, 2.24) is 10.3 Å². The van der Waals surface area contributed by atoms with Gasteiger partial charge in [-0.05, 0) is 49.9 Å². The van der Waals surface area contributed by atoms with Crippen molar-refractivity contribution in [2.45, 2.75) is 64.0 Å². The molecule has 5 nitrogen and oxygen atoms in total. The lowest BCUT2D eigenvalue weighted by Gasteiger charge is -2.36. The third-order valence-corrected chi connectivity index (χ3v) is 6.24. The highest BCUT2D eigenvalue weighted by Crippen LogP contribution is 2.29. The Balaban J connectivity index is 1.58. The smallest absolute Gasteiger partial charge is 0.256 e. The minimum atomic E-state index is -0.538. The Morgan fingerprint density at radius 3 is 2.48 bits per heavy atom. The third-order valence-electron chi connectivity index (χ3n) is 5.93. The van der Waals surface area contributed by atoms with Crippen LogP contribution in [0.25, 0.3) is 0 Å². The van der Waals surface area contributed by atoms with Gasteiger partial charge in [-0.2, -0.15) is 5.26 Å². The predicted molar refractivity (Wildman–Crippen MR) is 121 cm³/mol. The van der Waals surface area contributed by atoms with Crippen molar-refractivity contribution in [1.29, 1.82) is 5.26 Å². The predicted octanol–water partition coefficient (Wildman–Crippen LogP) is 5.22. The zero-order valence-corrected chi connectivity index (χ0v) is 19.1. The summed E-state index contributed by atoms with van der Waals surface area (Å²) in [4.78, 5) is 19.0. The second kappa shape index (κ2) is 9.23. The minimum Gasteiger partial charge on any atom is -0.372 e. The Morgan fingerprint density at radius 1 is 1.26 bits per heavy atom. The number of amides is 1. The number of hydrogen-bond acceptors (Lipinski definition) is 4. The molecule has 164 valence electrons. The van der Waals surface area contributed by atoms with Gasteiger partial charge in [0.1, 0.15) is 11.9 Å². The van der Waals surface area contributed by atoms with Crippen molar-refractivity contribution in [3.8, 4) is 6.07 Å². The average Bonchev–Trinajstić information content (AvgIpc) is 2.73. The van der Waals surface area contributed by atoms with Crippen LogP contribution in [0, 0.1) is 17.1 Å². The van der Waals surface area contributed by atoms with Crippen molar-refractivity contribution in [2.24, 2.45) is 0 Å². The number of carbonyl (C=O) groups excluding carboxylic acids is 1. The van der Waals surface area contributed by atoms with E-state index in [-0.39, 0.29) is 17.0 Å². The summed E-state index contributed by atoms with van der Waals surface area (Å²) in [5, 5.41) is 12.4. The van der Waals surface area contributed by atoms with Gasteiger partial charge < -0.3 is 10.2 Å². The molecule has 1 aliphatic rings. The Morgan fingerprint density at radius 2 is 1.94 bits per heavy atom. The van der Waals surface area contributed by atoms with E-state index in [2.05, 4.69) is 21.3 Å². The second-order valence-corrected chi connectivity index (χ2v) is 9.57. The SMILES string of the molecule is CN(c1ccc(C#N)c(Cl)c1)C1CCC(NC(=O)c2cnc(C(C)(C)C)cc2F)CC1. The van der Waals surface area contributed by atoms with Gasteiger partial charge in [0.15, 0.2) is 0 Å². The lowest BCUT2D eigenvalue weighted by Crippen LogP contribution is -2.43. The highest BCUT2D eigenvalue weighted by molar-refractivity contribution is 6.32. The van der Waals surface area contributed by atoms with Gasteiger partial charge in [-0.3, -0.25) is 9.78 Å². The van der Waals surface area contributed by atoms with E-state index in [4.69, 9.17) is 16.9 Å². The standard InChI is InChI=1S/C24H28ClFN4O/c1-24(2,3)22-12-21(26)19(14-28-22)23(31)29-16-6-9-17(10-7-16)30(4)18-8-5-15(13-27)20(25)11-18/h5,8,11-12,14,16-17H,6-7,9-10H2,1-4H3,(H,29,31). The zero-order valence-electron chi connectivity index (χ0n) is 18.4. The Labute approximate surface area is 188 Å². The van der Waals surface area contributed by atoms with E-state index >= 15 is 0 Å². The van der Waals surface area contributed by atoms with Gasteiger partial charge in [-0.15, -0.1) is 0 Å². The molecule has 0 aliphatic heterocycles. The number of aromatic nitrogens is 1. The monoisotopic (exact) mass is 442 g/mol. The number of carbonyl (C=O) groups is 1. The van der Waals surface area contributed by atoms with Crippen LogP contribution in [-0.2, 0) is 5.41 Å². The lowest BCUT2D eigenvalue weighted by molar-refractivity contribution is 0.0921. The molecule has 0 radical (unpaired) electrons. The molecule has 0 bridgehead atoms. The highest BCUT2D eigenvalue weighted by atomic mass is 35.5. The number of hydrogen-bond donors (Lipinski definition) is 1. The summed E-state index contributed by atoms with van der Waals surface area (Å²) in [5.41, 5.74) is 1.75. The van der Waals surface area contributed by atoms with E-state index in [9.17, 15) is 9.18 Å². The maximum atomic E-state index is 14.5. The maximum Gasteiger partial charge on any atom is 0.256 e. The first-order valence-corrected chi connectivity index (χ1v) is 10.9. The third kappa shape index (κ3) is 5.34. The molecular formula is C24H28ClFN4O. The molecule has 1 aromatic heterocycles. The van der Waals surface area contributed by atoms with E-state index in [1.165, 1.54) is 12.3 Å². The van der Waals surface area contributed by atoms with Crippen LogP contribution in [0.2, 0.25) is 5.02 Å². The highest BCUT2D eigenvalue weighted by Gasteiger charge is 2.27.